The molecule has 2 aromatic heterocycles. The molecule has 1 saturated heterocycles. The van der Waals surface area contributed by atoms with Crippen molar-refractivity contribution in [1.82, 2.24) is 29.9 Å². The van der Waals surface area contributed by atoms with E-state index in [9.17, 15) is 4.79 Å². The summed E-state index contributed by atoms with van der Waals surface area (Å²) in [4.78, 5) is 28.2. The summed E-state index contributed by atoms with van der Waals surface area (Å²) < 4.78 is 6.04. The summed E-state index contributed by atoms with van der Waals surface area (Å²) in [5.41, 5.74) is 4.01. The van der Waals surface area contributed by atoms with Gasteiger partial charge in [-0.25, -0.2) is 9.97 Å². The maximum Gasteiger partial charge on any atom is 0.260 e. The maximum absolute atomic E-state index is 13.7. The van der Waals surface area contributed by atoms with Gasteiger partial charge in [-0.05, 0) is 25.1 Å². The van der Waals surface area contributed by atoms with E-state index in [4.69, 9.17) is 9.72 Å². The number of nitrogens with zero attached hydrogens (tertiary/aromatic N) is 7. The van der Waals surface area contributed by atoms with Crippen LogP contribution in [0.4, 0.5) is 5.95 Å². The van der Waals surface area contributed by atoms with E-state index < -0.39 is 0 Å². The highest BCUT2D eigenvalue weighted by Gasteiger charge is 2.35. The van der Waals surface area contributed by atoms with Gasteiger partial charge in [-0.3, -0.25) is 9.69 Å². The number of carbonyl (C=O) groups excluding carboxylic acids is 1. The fourth-order valence-electron chi connectivity index (χ4n) is 4.42. The first-order valence-corrected chi connectivity index (χ1v) is 11.4. The predicted octanol–water partition coefficient (Wildman–Crippen LogP) is 3.44. The van der Waals surface area contributed by atoms with Crippen molar-refractivity contribution in [2.24, 2.45) is 5.92 Å². The molecule has 9 nitrogen and oxygen atoms in total. The maximum atomic E-state index is 13.7. The molecule has 7 rings (SSSR count). The Morgan fingerprint density at radius 2 is 1.83 bits per heavy atom. The Labute approximate surface area is 202 Å². The number of hydrogen-bond donors (Lipinski definition) is 0. The molecule has 2 bridgehead atoms. The van der Waals surface area contributed by atoms with Crippen molar-refractivity contribution in [1.29, 1.82) is 0 Å². The first kappa shape index (κ1) is 21.0. The third-order valence-electron chi connectivity index (χ3n) is 6.13. The van der Waals surface area contributed by atoms with Crippen LogP contribution in [0, 0.1) is 12.8 Å². The van der Waals surface area contributed by atoms with Crippen LogP contribution in [-0.2, 0) is 4.74 Å². The van der Waals surface area contributed by atoms with Gasteiger partial charge in [0.15, 0.2) is 0 Å². The molecule has 0 spiro atoms. The Hall–Kier alpha value is -4.53. The highest BCUT2D eigenvalue weighted by atomic mass is 16.5. The molecule has 1 atom stereocenters. The molecule has 4 aromatic rings. The Balaban J connectivity index is 1.34. The average Bonchev–Trinajstić information content (AvgIpc) is 3.28. The van der Waals surface area contributed by atoms with Crippen LogP contribution in [-0.4, -0.2) is 55.5 Å². The van der Waals surface area contributed by atoms with E-state index in [2.05, 4.69) is 15.2 Å². The van der Waals surface area contributed by atoms with Gasteiger partial charge in [0.05, 0.1) is 42.1 Å². The van der Waals surface area contributed by atoms with Gasteiger partial charge in [-0.15, -0.1) is 0 Å². The lowest BCUT2D eigenvalue weighted by Crippen LogP contribution is -2.39. The molecule has 2 aromatic carbocycles. The van der Waals surface area contributed by atoms with Gasteiger partial charge in [-0.2, -0.15) is 15.0 Å². The van der Waals surface area contributed by atoms with Gasteiger partial charge in [0.1, 0.15) is 0 Å². The minimum atomic E-state index is -0.130. The van der Waals surface area contributed by atoms with E-state index in [1.807, 2.05) is 66.4 Å². The van der Waals surface area contributed by atoms with E-state index in [-0.39, 0.29) is 11.8 Å². The van der Waals surface area contributed by atoms with Crippen LogP contribution in [0.2, 0.25) is 0 Å². The molecular weight excluding hydrogens is 442 g/mol. The zero-order chi connectivity index (χ0) is 23.8. The van der Waals surface area contributed by atoms with Gasteiger partial charge in [-0.1, -0.05) is 42.0 Å². The number of rotatable bonds is 4. The molecule has 174 valence electrons. The lowest BCUT2D eigenvalue weighted by atomic mass is 10.1. The number of aromatic nitrogens is 5. The summed E-state index contributed by atoms with van der Waals surface area (Å²) in [7, 11) is 0. The van der Waals surface area contributed by atoms with E-state index in [0.29, 0.717) is 42.8 Å². The molecule has 1 fully saturated rings. The highest BCUT2D eigenvalue weighted by Crippen LogP contribution is 2.30. The number of anilines is 1. The molecule has 9 heteroatoms. The molecule has 3 aliphatic rings. The second-order valence-electron chi connectivity index (χ2n) is 8.66. The number of carbonyl (C=O) groups is 1. The quantitative estimate of drug-likeness (QED) is 0.456. The number of ether oxygens (including phenoxy) is 1. The van der Waals surface area contributed by atoms with Crippen LogP contribution in [0.15, 0.2) is 85.3 Å². The van der Waals surface area contributed by atoms with Crippen LogP contribution in [0.3, 0.4) is 0 Å². The average molecular weight is 466 g/mol. The molecule has 1 unspecified atom stereocenters. The molecule has 0 radical (unpaired) electrons. The predicted molar refractivity (Wildman–Crippen MR) is 129 cm³/mol. The van der Waals surface area contributed by atoms with Crippen LogP contribution in [0.1, 0.15) is 15.9 Å². The molecular formula is C26H23N7O2. The highest BCUT2D eigenvalue weighted by molar-refractivity contribution is 5.98. The van der Waals surface area contributed by atoms with Crippen molar-refractivity contribution < 1.29 is 9.53 Å². The topological polar surface area (TPSA) is 89.3 Å². The fourth-order valence-corrected chi connectivity index (χ4v) is 4.42. The Morgan fingerprint density at radius 1 is 1.00 bits per heavy atom. The number of aryl methyl sites for hydroxylation is 1. The minimum absolute atomic E-state index is 0.0986. The van der Waals surface area contributed by atoms with Crippen LogP contribution >= 0.6 is 0 Å². The number of fused-ring (bicyclic) bond motifs is 4. The molecule has 35 heavy (non-hydrogen) atoms. The summed E-state index contributed by atoms with van der Waals surface area (Å²) in [5.74, 6) is 1.08. The van der Waals surface area contributed by atoms with E-state index in [1.54, 1.807) is 29.7 Å². The molecule has 1 amide bonds. The molecule has 3 aliphatic heterocycles. The molecule has 0 N–H and O–H groups in total. The second-order valence-corrected chi connectivity index (χ2v) is 8.66. The first-order chi connectivity index (χ1) is 17.2. The standard InChI is InChI=1S/C26H23N7O2/c1-18-7-8-23(33-28-11-12-29-33)21(13-18)25(34)31-14-19-15-32(24(16-31)35-17-19)26-27-10-9-22(30-26)20-5-3-2-4-6-20/h2-13,16,19H,14-15,17H2,1H3. The van der Waals surface area contributed by atoms with Crippen LogP contribution in [0.5, 0.6) is 0 Å². The van der Waals surface area contributed by atoms with Crippen LogP contribution in [0.25, 0.3) is 16.9 Å². The van der Waals surface area contributed by atoms with Crippen LogP contribution < -0.4 is 4.90 Å². The van der Waals surface area contributed by atoms with Gasteiger partial charge in [0.25, 0.3) is 5.91 Å². The zero-order valence-electron chi connectivity index (χ0n) is 19.2. The summed E-state index contributed by atoms with van der Waals surface area (Å²) in [5, 5.41) is 8.44. The summed E-state index contributed by atoms with van der Waals surface area (Å²) >= 11 is 0. The third-order valence-corrected chi connectivity index (χ3v) is 6.13. The molecule has 5 heterocycles. The lowest BCUT2D eigenvalue weighted by molar-refractivity contribution is 0.0797. The smallest absolute Gasteiger partial charge is 0.260 e. The van der Waals surface area contributed by atoms with Gasteiger partial charge in [0.2, 0.25) is 11.8 Å². The van der Waals surface area contributed by atoms with Gasteiger partial charge >= 0.3 is 0 Å². The van der Waals surface area contributed by atoms with Crippen molar-refractivity contribution in [2.75, 3.05) is 24.6 Å². The number of benzene rings is 2. The zero-order valence-corrected chi connectivity index (χ0v) is 19.2. The normalized spacial score (nSPS) is 17.1. The summed E-state index contributed by atoms with van der Waals surface area (Å²) in [6, 6.07) is 17.6. The van der Waals surface area contributed by atoms with Gasteiger partial charge in [0, 0.05) is 30.8 Å². The first-order valence-electron chi connectivity index (χ1n) is 11.4. The third kappa shape index (κ3) is 4.01. The van der Waals surface area contributed by atoms with E-state index in [1.165, 1.54) is 4.80 Å². The Kier molecular flexibility index (Phi) is 5.21. The minimum Gasteiger partial charge on any atom is -0.477 e. The van der Waals surface area contributed by atoms with E-state index in [0.717, 1.165) is 16.8 Å². The lowest BCUT2D eigenvalue weighted by Gasteiger charge is -2.31. The Bertz CT molecular complexity index is 1400. The molecule has 0 aliphatic carbocycles. The number of hydrogen-bond acceptors (Lipinski definition) is 7. The fraction of sp³-hybridized carbons (Fsp3) is 0.192. The van der Waals surface area contributed by atoms with Crippen molar-refractivity contribution in [3.8, 4) is 16.9 Å². The van der Waals surface area contributed by atoms with Gasteiger partial charge < -0.3 is 9.64 Å². The SMILES string of the molecule is Cc1ccc(-n2nccn2)c(C(=O)N2C=C3OCC(C2)CN3c2nccc(-c3ccccc3)n2)c1. The summed E-state index contributed by atoms with van der Waals surface area (Å²) in [6.07, 6.45) is 6.70. The Morgan fingerprint density at radius 3 is 2.66 bits per heavy atom. The second kappa shape index (κ2) is 8.68. The van der Waals surface area contributed by atoms with Crippen molar-refractivity contribution in [3.63, 3.8) is 0 Å². The number of amides is 1. The molecule has 0 saturated carbocycles. The van der Waals surface area contributed by atoms with E-state index >= 15 is 0 Å². The van der Waals surface area contributed by atoms with Crippen molar-refractivity contribution in [2.45, 2.75) is 6.92 Å². The summed E-state index contributed by atoms with van der Waals surface area (Å²) in [6.45, 7) is 3.68. The van der Waals surface area contributed by atoms with Crippen molar-refractivity contribution >= 4 is 11.9 Å². The van der Waals surface area contributed by atoms with Crippen molar-refractivity contribution in [3.05, 3.63) is 96.4 Å². The monoisotopic (exact) mass is 465 g/mol. The largest absolute Gasteiger partial charge is 0.477 e.